The van der Waals surface area contributed by atoms with Gasteiger partial charge in [-0.1, -0.05) is 0 Å². The van der Waals surface area contributed by atoms with E-state index in [1.165, 1.54) is 0 Å². The van der Waals surface area contributed by atoms with Crippen LogP contribution in [0.3, 0.4) is 0 Å². The Kier molecular flexibility index (Phi) is 5.44. The maximum atomic E-state index is 11.1. The summed E-state index contributed by atoms with van der Waals surface area (Å²) >= 11 is 10.8. The first kappa shape index (κ1) is 14.6. The molecule has 86 valence electrons. The summed E-state index contributed by atoms with van der Waals surface area (Å²) in [5, 5.41) is 12.0. The minimum atomic E-state index is -0.962. The molecule has 0 bridgehead atoms. The summed E-state index contributed by atoms with van der Waals surface area (Å²) in [5.41, 5.74) is 6.30. The number of carbonyl (C=O) groups is 1. The van der Waals surface area contributed by atoms with Crippen molar-refractivity contribution in [3.8, 4) is 0 Å². The molecule has 1 aromatic carbocycles. The van der Waals surface area contributed by atoms with Crippen molar-refractivity contribution in [2.75, 3.05) is 5.32 Å². The van der Waals surface area contributed by atoms with E-state index in [0.29, 0.717) is 12.8 Å². The fraction of sp³-hybridized carbons (Fsp3) is 0. The standard InChI is InChI=1S/C8H5I3N2O2S/c9-2-1-3(10)6(13-8(12)16)5(11)4(2)7(14)15/h1H,(H,14,15)(H3,12,13,16). The Bertz CT molecular complexity index is 479. The van der Waals surface area contributed by atoms with Gasteiger partial charge in [0.2, 0.25) is 0 Å². The molecule has 0 aliphatic carbocycles. The highest BCUT2D eigenvalue weighted by Gasteiger charge is 2.19. The monoisotopic (exact) mass is 574 g/mol. The number of carboxylic acid groups (broad SMARTS) is 1. The number of carboxylic acids is 1. The van der Waals surface area contributed by atoms with Crippen LogP contribution < -0.4 is 11.1 Å². The van der Waals surface area contributed by atoms with E-state index < -0.39 is 5.97 Å². The molecule has 4 nitrogen and oxygen atoms in total. The number of nitrogens with one attached hydrogen (secondary N) is 1. The minimum absolute atomic E-state index is 0.119. The second-order valence-corrected chi connectivity index (χ2v) is 6.54. The van der Waals surface area contributed by atoms with Gasteiger partial charge in [-0.15, -0.1) is 0 Å². The van der Waals surface area contributed by atoms with Gasteiger partial charge in [0.15, 0.2) is 5.11 Å². The number of aromatic carboxylic acids is 1. The van der Waals surface area contributed by atoms with E-state index in [1.54, 1.807) is 6.07 Å². The topological polar surface area (TPSA) is 75.3 Å². The maximum Gasteiger partial charge on any atom is 0.337 e. The van der Waals surface area contributed by atoms with E-state index in [-0.39, 0.29) is 10.7 Å². The molecular formula is C8H5I3N2O2S. The van der Waals surface area contributed by atoms with Gasteiger partial charge in [0, 0.05) is 7.14 Å². The molecule has 0 unspecified atom stereocenters. The van der Waals surface area contributed by atoms with Crippen LogP contribution in [0.1, 0.15) is 10.4 Å². The first-order valence-electron chi connectivity index (χ1n) is 3.81. The van der Waals surface area contributed by atoms with Crippen LogP contribution in [0.5, 0.6) is 0 Å². The van der Waals surface area contributed by atoms with Gasteiger partial charge < -0.3 is 16.2 Å². The van der Waals surface area contributed by atoms with Crippen LogP contribution in [-0.2, 0) is 0 Å². The predicted octanol–water partition coefficient (Wildman–Crippen LogP) is 2.85. The number of thiocarbonyl (C=S) groups is 1. The van der Waals surface area contributed by atoms with E-state index in [2.05, 4.69) is 27.9 Å². The minimum Gasteiger partial charge on any atom is -0.478 e. The van der Waals surface area contributed by atoms with E-state index in [9.17, 15) is 4.79 Å². The zero-order valence-corrected chi connectivity index (χ0v) is 14.8. The van der Waals surface area contributed by atoms with Gasteiger partial charge in [-0.3, -0.25) is 0 Å². The third-order valence-electron chi connectivity index (χ3n) is 1.63. The molecule has 0 atom stereocenters. The summed E-state index contributed by atoms with van der Waals surface area (Å²) in [6.45, 7) is 0. The Morgan fingerprint density at radius 1 is 1.38 bits per heavy atom. The van der Waals surface area contributed by atoms with Crippen molar-refractivity contribution in [2.45, 2.75) is 0 Å². The van der Waals surface area contributed by atoms with Crippen molar-refractivity contribution in [2.24, 2.45) is 5.73 Å². The van der Waals surface area contributed by atoms with Gasteiger partial charge in [0.25, 0.3) is 0 Å². The molecule has 0 aromatic heterocycles. The van der Waals surface area contributed by atoms with Gasteiger partial charge in [-0.25, -0.2) is 4.79 Å². The molecule has 0 aliphatic heterocycles. The second kappa shape index (κ2) is 5.95. The molecule has 1 rings (SSSR count). The number of nitrogens with two attached hydrogens (primary N) is 1. The molecular weight excluding hydrogens is 569 g/mol. The lowest BCUT2D eigenvalue weighted by Gasteiger charge is -2.12. The Balaban J connectivity index is 3.44. The van der Waals surface area contributed by atoms with Gasteiger partial charge in [-0.2, -0.15) is 0 Å². The van der Waals surface area contributed by atoms with Crippen molar-refractivity contribution in [1.82, 2.24) is 0 Å². The summed E-state index contributed by atoms with van der Waals surface area (Å²) in [5.74, 6) is -0.962. The molecule has 0 saturated heterocycles. The second-order valence-electron chi connectivity index (χ2n) is 2.70. The van der Waals surface area contributed by atoms with Crippen LogP contribution >= 0.6 is 80.0 Å². The van der Waals surface area contributed by atoms with Gasteiger partial charge in [-0.05, 0) is 86.1 Å². The van der Waals surface area contributed by atoms with Crippen molar-refractivity contribution >= 4 is 96.8 Å². The van der Waals surface area contributed by atoms with Crippen molar-refractivity contribution in [1.29, 1.82) is 0 Å². The Hall–Kier alpha value is 0.570. The Morgan fingerprint density at radius 2 is 1.94 bits per heavy atom. The lowest BCUT2D eigenvalue weighted by atomic mass is 10.2. The van der Waals surface area contributed by atoms with Crippen molar-refractivity contribution in [3.05, 3.63) is 22.3 Å². The molecule has 0 radical (unpaired) electrons. The van der Waals surface area contributed by atoms with Crippen LogP contribution in [0.15, 0.2) is 6.07 Å². The SMILES string of the molecule is NC(=S)Nc1c(I)cc(I)c(C(=O)O)c1I. The first-order valence-corrected chi connectivity index (χ1v) is 7.46. The Morgan fingerprint density at radius 3 is 2.38 bits per heavy atom. The highest BCUT2D eigenvalue weighted by Crippen LogP contribution is 2.31. The van der Waals surface area contributed by atoms with E-state index >= 15 is 0 Å². The molecule has 0 spiro atoms. The van der Waals surface area contributed by atoms with Crippen LogP contribution in [0.25, 0.3) is 0 Å². The summed E-state index contributed by atoms with van der Waals surface area (Å²) in [4.78, 5) is 11.1. The summed E-state index contributed by atoms with van der Waals surface area (Å²) < 4.78 is 2.17. The smallest absolute Gasteiger partial charge is 0.337 e. The molecule has 0 aliphatic rings. The molecule has 0 amide bonds. The first-order chi connectivity index (χ1) is 7.34. The molecule has 0 fully saturated rings. The van der Waals surface area contributed by atoms with Gasteiger partial charge in [0.05, 0.1) is 14.8 Å². The number of benzene rings is 1. The third kappa shape index (κ3) is 3.29. The Labute approximate surface area is 138 Å². The van der Waals surface area contributed by atoms with Crippen LogP contribution in [0, 0.1) is 10.7 Å². The van der Waals surface area contributed by atoms with Crippen molar-refractivity contribution in [3.63, 3.8) is 0 Å². The quantitative estimate of drug-likeness (QED) is 0.375. The predicted molar refractivity (Wildman–Crippen MR) is 92.0 cm³/mol. The normalized spacial score (nSPS) is 9.94. The number of hydrogen-bond acceptors (Lipinski definition) is 2. The molecule has 16 heavy (non-hydrogen) atoms. The van der Waals surface area contributed by atoms with Crippen LogP contribution in [-0.4, -0.2) is 16.2 Å². The maximum absolute atomic E-state index is 11.1. The average molecular weight is 574 g/mol. The number of halogens is 3. The summed E-state index contributed by atoms with van der Waals surface area (Å²) in [6, 6.07) is 1.77. The largest absolute Gasteiger partial charge is 0.478 e. The van der Waals surface area contributed by atoms with E-state index in [1.807, 2.05) is 45.2 Å². The highest BCUT2D eigenvalue weighted by atomic mass is 127. The zero-order valence-electron chi connectivity index (χ0n) is 7.55. The van der Waals surface area contributed by atoms with E-state index in [0.717, 1.165) is 3.57 Å². The van der Waals surface area contributed by atoms with Gasteiger partial charge in [0.1, 0.15) is 0 Å². The zero-order chi connectivity index (χ0) is 12.5. The van der Waals surface area contributed by atoms with Gasteiger partial charge >= 0.3 is 5.97 Å². The van der Waals surface area contributed by atoms with E-state index in [4.69, 9.17) is 23.1 Å². The summed E-state index contributed by atoms with van der Waals surface area (Å²) in [7, 11) is 0. The lowest BCUT2D eigenvalue weighted by Crippen LogP contribution is -2.21. The molecule has 4 N–H and O–H groups in total. The lowest BCUT2D eigenvalue weighted by molar-refractivity contribution is 0.0694. The molecule has 1 aromatic rings. The third-order valence-corrected chi connectivity index (χ3v) is 4.51. The number of anilines is 1. The number of hydrogen-bond donors (Lipinski definition) is 3. The van der Waals surface area contributed by atoms with Crippen molar-refractivity contribution < 1.29 is 9.90 Å². The fourth-order valence-electron chi connectivity index (χ4n) is 1.02. The fourth-order valence-corrected chi connectivity index (χ4v) is 5.23. The van der Waals surface area contributed by atoms with Crippen LogP contribution in [0.2, 0.25) is 0 Å². The van der Waals surface area contributed by atoms with Crippen LogP contribution in [0.4, 0.5) is 5.69 Å². The molecule has 0 heterocycles. The highest BCUT2D eigenvalue weighted by molar-refractivity contribution is 14.1. The molecule has 0 saturated carbocycles. The number of rotatable bonds is 2. The molecule has 8 heteroatoms. The summed E-state index contributed by atoms with van der Waals surface area (Å²) in [6.07, 6.45) is 0. The average Bonchev–Trinajstić information content (AvgIpc) is 2.10.